The summed E-state index contributed by atoms with van der Waals surface area (Å²) in [7, 11) is 1.60. The molecule has 1 atom stereocenters. The maximum atomic E-state index is 13.0. The zero-order valence-corrected chi connectivity index (χ0v) is 15.1. The van der Waals surface area contributed by atoms with Gasteiger partial charge in [0.05, 0.1) is 18.8 Å². The Morgan fingerprint density at radius 1 is 1.12 bits per heavy atom. The lowest BCUT2D eigenvalue weighted by molar-refractivity contribution is 0.189. The molecule has 0 aliphatic carbocycles. The van der Waals surface area contributed by atoms with Gasteiger partial charge in [-0.3, -0.25) is 0 Å². The first-order valence-corrected chi connectivity index (χ1v) is 9.03. The molecule has 0 radical (unpaired) electrons. The van der Waals surface area contributed by atoms with E-state index >= 15 is 0 Å². The van der Waals surface area contributed by atoms with Crippen LogP contribution in [0.5, 0.6) is 5.75 Å². The molecular weight excluding hydrogens is 336 g/mol. The lowest BCUT2D eigenvalue weighted by Crippen LogP contribution is -2.38. The fourth-order valence-corrected chi connectivity index (χ4v) is 3.62. The van der Waals surface area contributed by atoms with Crippen molar-refractivity contribution in [1.29, 1.82) is 0 Å². The second-order valence-corrected chi connectivity index (χ2v) is 6.62. The maximum absolute atomic E-state index is 13.0. The monoisotopic (exact) mass is 358 g/mol. The fourth-order valence-electron chi connectivity index (χ4n) is 3.36. The predicted octanol–water partition coefficient (Wildman–Crippen LogP) is 5.50. The molecule has 0 aromatic heterocycles. The van der Waals surface area contributed by atoms with Gasteiger partial charge in [0.2, 0.25) is 0 Å². The molecule has 1 heterocycles. The third-order valence-corrected chi connectivity index (χ3v) is 4.97. The molecule has 2 amide bonds. The summed E-state index contributed by atoms with van der Waals surface area (Å²) < 4.78 is 5.33. The number of anilines is 1. The van der Waals surface area contributed by atoms with Gasteiger partial charge in [0.15, 0.2) is 0 Å². The molecule has 0 bridgehead atoms. The predicted molar refractivity (Wildman–Crippen MR) is 101 cm³/mol. The summed E-state index contributed by atoms with van der Waals surface area (Å²) in [6, 6.07) is 15.1. The van der Waals surface area contributed by atoms with E-state index in [-0.39, 0.29) is 12.1 Å². The highest BCUT2D eigenvalue weighted by molar-refractivity contribution is 6.31. The van der Waals surface area contributed by atoms with Crippen molar-refractivity contribution in [3.8, 4) is 5.75 Å². The van der Waals surface area contributed by atoms with E-state index in [1.54, 1.807) is 7.11 Å². The molecule has 2 aromatic rings. The number of rotatable bonds is 3. The zero-order chi connectivity index (χ0) is 17.6. The summed E-state index contributed by atoms with van der Waals surface area (Å²) in [6.45, 7) is 0.719. The van der Waals surface area contributed by atoms with E-state index in [2.05, 4.69) is 5.32 Å². The van der Waals surface area contributed by atoms with E-state index in [0.717, 1.165) is 37.8 Å². The van der Waals surface area contributed by atoms with E-state index in [4.69, 9.17) is 16.3 Å². The van der Waals surface area contributed by atoms with E-state index in [9.17, 15) is 4.79 Å². The number of carbonyl (C=O) groups is 1. The molecule has 2 aromatic carbocycles. The summed E-state index contributed by atoms with van der Waals surface area (Å²) in [5, 5.41) is 3.71. The van der Waals surface area contributed by atoms with Crippen LogP contribution in [0.4, 0.5) is 10.5 Å². The standard InChI is InChI=1S/C20H23ClN2O2/c1-25-19-13-7-6-11-17(19)22-20(24)23-14-8-2-3-12-18(23)15-9-4-5-10-16(15)21/h4-7,9-11,13,18H,2-3,8,12,14H2,1H3,(H,22,24)/t18-/m0/s1. The van der Waals surface area contributed by atoms with E-state index in [1.807, 2.05) is 53.4 Å². The average molecular weight is 359 g/mol. The number of methoxy groups -OCH3 is 1. The smallest absolute Gasteiger partial charge is 0.322 e. The minimum absolute atomic E-state index is 0.00842. The van der Waals surface area contributed by atoms with E-state index in [0.29, 0.717) is 16.5 Å². The SMILES string of the molecule is COc1ccccc1NC(=O)N1CCCCC[C@H]1c1ccccc1Cl. The van der Waals surface area contributed by atoms with Crippen LogP contribution in [0.25, 0.3) is 0 Å². The minimum Gasteiger partial charge on any atom is -0.495 e. The number of nitrogens with one attached hydrogen (secondary N) is 1. The van der Waals surface area contributed by atoms with Crippen LogP contribution in [0.1, 0.15) is 37.3 Å². The van der Waals surface area contributed by atoms with Crippen molar-refractivity contribution in [2.45, 2.75) is 31.7 Å². The Balaban J connectivity index is 1.86. The highest BCUT2D eigenvalue weighted by Crippen LogP contribution is 2.35. The van der Waals surface area contributed by atoms with E-state index < -0.39 is 0 Å². The summed E-state index contributed by atoms with van der Waals surface area (Å²) in [5.41, 5.74) is 1.69. The molecule has 132 valence electrons. The number of amides is 2. The largest absolute Gasteiger partial charge is 0.495 e. The number of halogens is 1. The van der Waals surface area contributed by atoms with Gasteiger partial charge in [-0.2, -0.15) is 0 Å². The maximum Gasteiger partial charge on any atom is 0.322 e. The van der Waals surface area contributed by atoms with Gasteiger partial charge >= 0.3 is 6.03 Å². The molecule has 0 spiro atoms. The van der Waals surface area contributed by atoms with Gasteiger partial charge in [-0.25, -0.2) is 4.79 Å². The van der Waals surface area contributed by atoms with Crippen molar-refractivity contribution in [2.75, 3.05) is 19.0 Å². The second kappa shape index (κ2) is 8.26. The first-order chi connectivity index (χ1) is 12.2. The van der Waals surface area contributed by atoms with Crippen molar-refractivity contribution in [3.63, 3.8) is 0 Å². The molecule has 4 nitrogen and oxygen atoms in total. The quantitative estimate of drug-likeness (QED) is 0.787. The minimum atomic E-state index is -0.115. The Hall–Kier alpha value is -2.20. The highest BCUT2D eigenvalue weighted by atomic mass is 35.5. The highest BCUT2D eigenvalue weighted by Gasteiger charge is 2.28. The van der Waals surface area contributed by atoms with Crippen LogP contribution >= 0.6 is 11.6 Å². The Morgan fingerprint density at radius 3 is 2.68 bits per heavy atom. The second-order valence-electron chi connectivity index (χ2n) is 6.21. The van der Waals surface area contributed by atoms with Crippen LogP contribution in [-0.2, 0) is 0 Å². The third-order valence-electron chi connectivity index (χ3n) is 4.63. The van der Waals surface area contributed by atoms with Gasteiger partial charge in [-0.1, -0.05) is 54.8 Å². The summed E-state index contributed by atoms with van der Waals surface area (Å²) in [5.74, 6) is 0.653. The van der Waals surface area contributed by atoms with Gasteiger partial charge in [0.1, 0.15) is 5.75 Å². The van der Waals surface area contributed by atoms with Crippen LogP contribution in [-0.4, -0.2) is 24.6 Å². The first kappa shape index (κ1) is 17.6. The molecule has 3 rings (SSSR count). The van der Waals surface area contributed by atoms with Gasteiger partial charge in [0.25, 0.3) is 0 Å². The van der Waals surface area contributed by atoms with Crippen molar-refractivity contribution in [2.24, 2.45) is 0 Å². The van der Waals surface area contributed by atoms with Crippen LogP contribution < -0.4 is 10.1 Å². The van der Waals surface area contributed by atoms with E-state index in [1.165, 1.54) is 0 Å². The Labute approximate surface area is 153 Å². The first-order valence-electron chi connectivity index (χ1n) is 8.66. The molecule has 1 aliphatic heterocycles. The number of urea groups is 1. The number of ether oxygens (including phenoxy) is 1. The Bertz CT molecular complexity index is 735. The third kappa shape index (κ3) is 4.07. The van der Waals surface area contributed by atoms with Gasteiger partial charge in [-0.15, -0.1) is 0 Å². The lowest BCUT2D eigenvalue weighted by Gasteiger charge is -2.31. The summed E-state index contributed by atoms with van der Waals surface area (Å²) in [4.78, 5) is 14.9. The Morgan fingerprint density at radius 2 is 1.88 bits per heavy atom. The molecule has 0 saturated carbocycles. The van der Waals surface area contributed by atoms with Crippen molar-refractivity contribution in [3.05, 3.63) is 59.1 Å². The number of nitrogens with zero attached hydrogens (tertiary/aromatic N) is 1. The molecule has 1 fully saturated rings. The molecule has 1 saturated heterocycles. The Kier molecular flexibility index (Phi) is 5.82. The van der Waals surface area contributed by atoms with Crippen LogP contribution in [0, 0.1) is 0 Å². The molecule has 5 heteroatoms. The lowest BCUT2D eigenvalue weighted by atomic mass is 10.0. The van der Waals surface area contributed by atoms with Crippen molar-refractivity contribution < 1.29 is 9.53 Å². The number of para-hydroxylation sites is 2. The van der Waals surface area contributed by atoms with Gasteiger partial charge in [-0.05, 0) is 36.6 Å². The van der Waals surface area contributed by atoms with Crippen LogP contribution in [0.2, 0.25) is 5.02 Å². The van der Waals surface area contributed by atoms with Crippen molar-refractivity contribution in [1.82, 2.24) is 4.90 Å². The molecule has 25 heavy (non-hydrogen) atoms. The molecule has 1 N–H and O–H groups in total. The van der Waals surface area contributed by atoms with Gasteiger partial charge in [0, 0.05) is 11.6 Å². The summed E-state index contributed by atoms with van der Waals surface area (Å²) in [6.07, 6.45) is 4.14. The summed E-state index contributed by atoms with van der Waals surface area (Å²) >= 11 is 6.41. The zero-order valence-electron chi connectivity index (χ0n) is 14.4. The number of hydrogen-bond acceptors (Lipinski definition) is 2. The number of carbonyl (C=O) groups excluding carboxylic acids is 1. The average Bonchev–Trinajstić information content (AvgIpc) is 2.88. The number of benzene rings is 2. The van der Waals surface area contributed by atoms with Gasteiger partial charge < -0.3 is 15.0 Å². The number of hydrogen-bond donors (Lipinski definition) is 1. The van der Waals surface area contributed by atoms with Crippen LogP contribution in [0.15, 0.2) is 48.5 Å². The molecule has 0 unspecified atom stereocenters. The normalized spacial score (nSPS) is 17.7. The van der Waals surface area contributed by atoms with Crippen LogP contribution in [0.3, 0.4) is 0 Å². The number of likely N-dealkylation sites (tertiary alicyclic amines) is 1. The van der Waals surface area contributed by atoms with Crippen molar-refractivity contribution >= 4 is 23.3 Å². The molecule has 1 aliphatic rings. The topological polar surface area (TPSA) is 41.6 Å². The molecular formula is C20H23ClN2O2. The fraction of sp³-hybridized carbons (Fsp3) is 0.350.